The first kappa shape index (κ1) is 17.2. The van der Waals surface area contributed by atoms with Crippen LogP contribution in [-0.2, 0) is 0 Å². The molecule has 5 nitrogen and oxygen atoms in total. The monoisotopic (exact) mass is 331 g/mol. The number of aliphatic hydroxyl groups is 1. The molecule has 0 aliphatic carbocycles. The summed E-state index contributed by atoms with van der Waals surface area (Å²) in [6, 6.07) is 10.3. The first-order chi connectivity index (χ1) is 11.8. The van der Waals surface area contributed by atoms with Crippen molar-refractivity contribution < 1.29 is 9.90 Å². The SMILES string of the molecule is O=C(NC(CN1CCCC1)c1ccccc1)N1CCCC(CO)C1. The number of nitrogens with zero attached hydrogens (tertiary/aromatic N) is 2. The summed E-state index contributed by atoms with van der Waals surface area (Å²) in [4.78, 5) is 17.0. The van der Waals surface area contributed by atoms with Gasteiger partial charge in [-0.05, 0) is 50.3 Å². The molecule has 2 aliphatic rings. The van der Waals surface area contributed by atoms with E-state index >= 15 is 0 Å². The third kappa shape index (κ3) is 4.48. The normalized spacial score (nSPS) is 23.2. The molecule has 0 bridgehead atoms. The molecule has 0 spiro atoms. The van der Waals surface area contributed by atoms with E-state index in [1.54, 1.807) is 0 Å². The molecule has 132 valence electrons. The molecular formula is C19H29N3O2. The van der Waals surface area contributed by atoms with Crippen LogP contribution in [0.3, 0.4) is 0 Å². The molecule has 2 heterocycles. The average molecular weight is 331 g/mol. The lowest BCUT2D eigenvalue weighted by molar-refractivity contribution is 0.126. The van der Waals surface area contributed by atoms with Gasteiger partial charge in [0.25, 0.3) is 0 Å². The molecule has 2 fully saturated rings. The minimum atomic E-state index is 0.00111. The van der Waals surface area contributed by atoms with Crippen LogP contribution < -0.4 is 5.32 Å². The van der Waals surface area contributed by atoms with Crippen molar-refractivity contribution in [1.29, 1.82) is 0 Å². The maximum absolute atomic E-state index is 12.7. The van der Waals surface area contributed by atoms with Crippen molar-refractivity contribution in [1.82, 2.24) is 15.1 Å². The fourth-order valence-corrected chi connectivity index (χ4v) is 3.78. The summed E-state index contributed by atoms with van der Waals surface area (Å²) in [6.07, 6.45) is 4.48. The van der Waals surface area contributed by atoms with E-state index in [9.17, 15) is 9.90 Å². The fourth-order valence-electron chi connectivity index (χ4n) is 3.78. The van der Waals surface area contributed by atoms with E-state index in [1.165, 1.54) is 12.8 Å². The van der Waals surface area contributed by atoms with Crippen LogP contribution in [0.2, 0.25) is 0 Å². The Bertz CT molecular complexity index is 517. The highest BCUT2D eigenvalue weighted by atomic mass is 16.3. The second-order valence-electron chi connectivity index (χ2n) is 7.06. The van der Waals surface area contributed by atoms with Gasteiger partial charge in [0, 0.05) is 26.2 Å². The summed E-state index contributed by atoms with van der Waals surface area (Å²) < 4.78 is 0. The Balaban J connectivity index is 1.65. The summed E-state index contributed by atoms with van der Waals surface area (Å²) in [7, 11) is 0. The van der Waals surface area contributed by atoms with E-state index in [0.717, 1.165) is 44.6 Å². The molecule has 5 heteroatoms. The van der Waals surface area contributed by atoms with Crippen LogP contribution in [0.5, 0.6) is 0 Å². The van der Waals surface area contributed by atoms with Gasteiger partial charge < -0.3 is 20.2 Å². The van der Waals surface area contributed by atoms with E-state index < -0.39 is 0 Å². The molecule has 1 aromatic rings. The number of urea groups is 1. The number of hydrogen-bond acceptors (Lipinski definition) is 3. The number of aliphatic hydroxyl groups excluding tert-OH is 1. The summed E-state index contributed by atoms with van der Waals surface area (Å²) >= 11 is 0. The number of amides is 2. The van der Waals surface area contributed by atoms with Gasteiger partial charge in [-0.1, -0.05) is 30.3 Å². The second kappa shape index (κ2) is 8.49. The average Bonchev–Trinajstić information content (AvgIpc) is 3.15. The van der Waals surface area contributed by atoms with Crippen LogP contribution in [-0.4, -0.2) is 60.3 Å². The molecule has 24 heavy (non-hydrogen) atoms. The molecule has 3 rings (SSSR count). The maximum atomic E-state index is 12.7. The first-order valence-electron chi connectivity index (χ1n) is 9.20. The van der Waals surface area contributed by atoms with Gasteiger partial charge >= 0.3 is 6.03 Å². The highest BCUT2D eigenvalue weighted by molar-refractivity contribution is 5.75. The number of carbonyl (C=O) groups excluding carboxylic acids is 1. The number of carbonyl (C=O) groups is 1. The predicted octanol–water partition coefficient (Wildman–Crippen LogP) is 2.24. The largest absolute Gasteiger partial charge is 0.396 e. The molecule has 2 unspecified atom stereocenters. The van der Waals surface area contributed by atoms with Crippen LogP contribution in [0.15, 0.2) is 30.3 Å². The molecular weight excluding hydrogens is 302 g/mol. The predicted molar refractivity (Wildman–Crippen MR) is 94.8 cm³/mol. The van der Waals surface area contributed by atoms with Gasteiger partial charge in [-0.15, -0.1) is 0 Å². The lowest BCUT2D eigenvalue weighted by atomic mass is 9.99. The third-order valence-corrected chi connectivity index (χ3v) is 5.20. The Hall–Kier alpha value is -1.59. The minimum Gasteiger partial charge on any atom is -0.396 e. The van der Waals surface area contributed by atoms with Gasteiger partial charge in [0.15, 0.2) is 0 Å². The molecule has 0 saturated carbocycles. The van der Waals surface area contributed by atoms with Crippen LogP contribution >= 0.6 is 0 Å². The third-order valence-electron chi connectivity index (χ3n) is 5.20. The van der Waals surface area contributed by atoms with Crippen molar-refractivity contribution >= 4 is 6.03 Å². The lowest BCUT2D eigenvalue weighted by Crippen LogP contribution is -2.48. The quantitative estimate of drug-likeness (QED) is 0.870. The van der Waals surface area contributed by atoms with Crippen molar-refractivity contribution in [2.24, 2.45) is 5.92 Å². The highest BCUT2D eigenvalue weighted by Gasteiger charge is 2.26. The highest BCUT2D eigenvalue weighted by Crippen LogP contribution is 2.20. The van der Waals surface area contributed by atoms with Crippen LogP contribution in [0, 0.1) is 5.92 Å². The summed E-state index contributed by atoms with van der Waals surface area (Å²) in [6.45, 7) is 4.72. The van der Waals surface area contributed by atoms with Gasteiger partial charge in [-0.25, -0.2) is 4.79 Å². The molecule has 0 radical (unpaired) electrons. The smallest absolute Gasteiger partial charge is 0.317 e. The van der Waals surface area contributed by atoms with Crippen molar-refractivity contribution in [3.8, 4) is 0 Å². The molecule has 1 aromatic carbocycles. The Kier molecular flexibility index (Phi) is 6.10. The van der Waals surface area contributed by atoms with E-state index in [4.69, 9.17) is 0 Å². The Morgan fingerprint density at radius 2 is 1.92 bits per heavy atom. The number of piperidine rings is 1. The van der Waals surface area contributed by atoms with Crippen molar-refractivity contribution in [3.05, 3.63) is 35.9 Å². The van der Waals surface area contributed by atoms with E-state index in [0.29, 0.717) is 6.54 Å². The van der Waals surface area contributed by atoms with Gasteiger partial charge in [-0.2, -0.15) is 0 Å². The molecule has 2 saturated heterocycles. The molecule has 2 amide bonds. The van der Waals surface area contributed by atoms with E-state index in [2.05, 4.69) is 22.3 Å². The second-order valence-corrected chi connectivity index (χ2v) is 7.06. The standard InChI is InChI=1S/C19H29N3O2/c23-15-16-7-6-12-22(13-16)19(24)20-18(14-21-10-4-5-11-21)17-8-2-1-3-9-17/h1-3,8-9,16,18,23H,4-7,10-15H2,(H,20,24). The number of likely N-dealkylation sites (tertiary alicyclic amines) is 2. The van der Waals surface area contributed by atoms with Gasteiger partial charge in [0.2, 0.25) is 0 Å². The summed E-state index contributed by atoms with van der Waals surface area (Å²) in [5.74, 6) is 0.221. The zero-order chi connectivity index (χ0) is 16.8. The minimum absolute atomic E-state index is 0.00111. The topological polar surface area (TPSA) is 55.8 Å². The Morgan fingerprint density at radius 1 is 1.17 bits per heavy atom. The number of rotatable bonds is 5. The van der Waals surface area contributed by atoms with Gasteiger partial charge in [0.1, 0.15) is 0 Å². The summed E-state index contributed by atoms with van der Waals surface area (Å²) in [5, 5.41) is 12.6. The fraction of sp³-hybridized carbons (Fsp3) is 0.632. The van der Waals surface area contributed by atoms with Crippen LogP contribution in [0.25, 0.3) is 0 Å². The number of benzene rings is 1. The first-order valence-corrected chi connectivity index (χ1v) is 9.20. The lowest BCUT2D eigenvalue weighted by Gasteiger charge is -2.34. The molecule has 0 aromatic heterocycles. The maximum Gasteiger partial charge on any atom is 0.317 e. The Labute approximate surface area is 144 Å². The van der Waals surface area contributed by atoms with E-state index in [-0.39, 0.29) is 24.6 Å². The van der Waals surface area contributed by atoms with Crippen molar-refractivity contribution in [2.75, 3.05) is 39.3 Å². The van der Waals surface area contributed by atoms with E-state index in [1.807, 2.05) is 23.1 Å². The van der Waals surface area contributed by atoms with Crippen molar-refractivity contribution in [2.45, 2.75) is 31.7 Å². The number of nitrogens with one attached hydrogen (secondary N) is 1. The number of hydrogen-bond donors (Lipinski definition) is 2. The van der Waals surface area contributed by atoms with Gasteiger partial charge in [-0.3, -0.25) is 0 Å². The zero-order valence-corrected chi connectivity index (χ0v) is 14.4. The molecule has 2 N–H and O–H groups in total. The zero-order valence-electron chi connectivity index (χ0n) is 14.4. The Morgan fingerprint density at radius 3 is 2.62 bits per heavy atom. The van der Waals surface area contributed by atoms with Crippen LogP contribution in [0.1, 0.15) is 37.3 Å². The van der Waals surface area contributed by atoms with Crippen molar-refractivity contribution in [3.63, 3.8) is 0 Å². The van der Waals surface area contributed by atoms with Crippen LogP contribution in [0.4, 0.5) is 4.79 Å². The molecule has 2 aliphatic heterocycles. The summed E-state index contributed by atoms with van der Waals surface area (Å²) in [5.41, 5.74) is 1.16. The van der Waals surface area contributed by atoms with Gasteiger partial charge in [0.05, 0.1) is 6.04 Å². The molecule has 2 atom stereocenters.